The number of aromatic nitrogens is 1. The largest absolute Gasteiger partial charge is 0.338 e. The summed E-state index contributed by atoms with van der Waals surface area (Å²) in [6.45, 7) is 3.49. The second kappa shape index (κ2) is 7.23. The topological polar surface area (TPSA) is 54.0 Å². The molecule has 0 aliphatic rings. The van der Waals surface area contributed by atoms with Crippen LogP contribution in [0.1, 0.15) is 25.5 Å². The lowest BCUT2D eigenvalue weighted by atomic mass is 10.3. The fourth-order valence-corrected chi connectivity index (χ4v) is 1.70. The van der Waals surface area contributed by atoms with Crippen molar-refractivity contribution in [1.82, 2.24) is 15.6 Å². The number of nitrogens with one attached hydrogen (secondary N) is 2. The highest BCUT2D eigenvalue weighted by molar-refractivity contribution is 7.07. The molecule has 1 heterocycles. The van der Waals surface area contributed by atoms with Gasteiger partial charge in [0.05, 0.1) is 11.2 Å². The van der Waals surface area contributed by atoms with E-state index >= 15 is 0 Å². The predicted molar refractivity (Wildman–Crippen MR) is 62.1 cm³/mol. The van der Waals surface area contributed by atoms with E-state index in [0.29, 0.717) is 6.54 Å². The summed E-state index contributed by atoms with van der Waals surface area (Å²) in [4.78, 5) is 15.3. The minimum absolute atomic E-state index is 0.0846. The van der Waals surface area contributed by atoms with Gasteiger partial charge in [-0.2, -0.15) is 0 Å². The van der Waals surface area contributed by atoms with Crippen LogP contribution in [0.4, 0.5) is 4.79 Å². The maximum Gasteiger partial charge on any atom is 0.314 e. The number of carbonyl (C=O) groups is 1. The van der Waals surface area contributed by atoms with Gasteiger partial charge in [-0.05, 0) is 6.42 Å². The zero-order valence-corrected chi connectivity index (χ0v) is 9.77. The van der Waals surface area contributed by atoms with Crippen molar-refractivity contribution in [3.8, 4) is 0 Å². The van der Waals surface area contributed by atoms with E-state index in [0.717, 1.165) is 31.5 Å². The summed E-state index contributed by atoms with van der Waals surface area (Å²) in [6, 6.07) is -0.0846. The van der Waals surface area contributed by atoms with E-state index < -0.39 is 0 Å². The van der Waals surface area contributed by atoms with Crippen LogP contribution in [0.15, 0.2) is 10.9 Å². The highest BCUT2D eigenvalue weighted by Crippen LogP contribution is 2.00. The van der Waals surface area contributed by atoms with Crippen molar-refractivity contribution in [3.05, 3.63) is 16.6 Å². The summed E-state index contributed by atoms with van der Waals surface area (Å²) in [7, 11) is 0. The van der Waals surface area contributed by atoms with E-state index in [-0.39, 0.29) is 6.03 Å². The molecule has 84 valence electrons. The minimum atomic E-state index is -0.0846. The Balaban J connectivity index is 2.02. The van der Waals surface area contributed by atoms with Crippen molar-refractivity contribution >= 4 is 17.4 Å². The number of thiazole rings is 1. The molecule has 0 unspecified atom stereocenters. The quantitative estimate of drug-likeness (QED) is 0.728. The Bertz CT molecular complexity index is 274. The van der Waals surface area contributed by atoms with Gasteiger partial charge in [0, 0.05) is 24.9 Å². The van der Waals surface area contributed by atoms with Crippen LogP contribution < -0.4 is 10.6 Å². The van der Waals surface area contributed by atoms with Crippen molar-refractivity contribution in [1.29, 1.82) is 0 Å². The van der Waals surface area contributed by atoms with E-state index in [1.54, 1.807) is 16.8 Å². The molecule has 0 spiro atoms. The average Bonchev–Trinajstić information content (AvgIpc) is 2.71. The molecule has 1 aromatic heterocycles. The molecule has 0 aliphatic carbocycles. The van der Waals surface area contributed by atoms with E-state index in [1.807, 2.05) is 5.38 Å². The van der Waals surface area contributed by atoms with Gasteiger partial charge in [0.1, 0.15) is 0 Å². The fourth-order valence-electron chi connectivity index (χ4n) is 1.11. The second-order valence-electron chi connectivity index (χ2n) is 3.27. The van der Waals surface area contributed by atoms with E-state index in [9.17, 15) is 4.79 Å². The normalized spacial score (nSPS) is 9.93. The van der Waals surface area contributed by atoms with Crippen LogP contribution >= 0.6 is 11.3 Å². The second-order valence-corrected chi connectivity index (χ2v) is 3.98. The van der Waals surface area contributed by atoms with Gasteiger partial charge in [-0.3, -0.25) is 0 Å². The van der Waals surface area contributed by atoms with Crippen LogP contribution in [0.25, 0.3) is 0 Å². The summed E-state index contributed by atoms with van der Waals surface area (Å²) in [5, 5.41) is 7.59. The molecule has 1 rings (SSSR count). The lowest BCUT2D eigenvalue weighted by Crippen LogP contribution is -2.37. The number of nitrogens with zero attached hydrogens (tertiary/aromatic N) is 1. The molecule has 0 aliphatic heterocycles. The molecule has 0 aromatic carbocycles. The number of hydrogen-bond donors (Lipinski definition) is 2. The molecule has 0 saturated carbocycles. The average molecular weight is 227 g/mol. The number of carbonyl (C=O) groups excluding carboxylic acids is 1. The molecular weight excluding hydrogens is 210 g/mol. The molecule has 2 amide bonds. The molecule has 4 nitrogen and oxygen atoms in total. The van der Waals surface area contributed by atoms with Crippen LogP contribution in [0.2, 0.25) is 0 Å². The van der Waals surface area contributed by atoms with Gasteiger partial charge in [-0.1, -0.05) is 13.3 Å². The first-order chi connectivity index (χ1) is 7.33. The lowest BCUT2D eigenvalue weighted by molar-refractivity contribution is 0.241. The van der Waals surface area contributed by atoms with Crippen LogP contribution in [-0.4, -0.2) is 24.1 Å². The third-order valence-electron chi connectivity index (χ3n) is 1.97. The molecule has 0 bridgehead atoms. The molecule has 1 aromatic rings. The van der Waals surface area contributed by atoms with Crippen molar-refractivity contribution in [2.45, 2.75) is 26.2 Å². The number of hydrogen-bond acceptors (Lipinski definition) is 3. The Morgan fingerprint density at radius 3 is 2.93 bits per heavy atom. The summed E-state index contributed by atoms with van der Waals surface area (Å²) in [6.07, 6.45) is 2.92. The monoisotopic (exact) mass is 227 g/mol. The number of urea groups is 1. The fraction of sp³-hybridized carbons (Fsp3) is 0.600. The first-order valence-corrected chi connectivity index (χ1v) is 6.16. The SMILES string of the molecule is CCCCNC(=O)NCCc1cscn1. The van der Waals surface area contributed by atoms with Gasteiger partial charge >= 0.3 is 6.03 Å². The van der Waals surface area contributed by atoms with Crippen LogP contribution in [0.5, 0.6) is 0 Å². The number of rotatable bonds is 6. The molecule has 0 saturated heterocycles. The van der Waals surface area contributed by atoms with Crippen molar-refractivity contribution in [3.63, 3.8) is 0 Å². The Morgan fingerprint density at radius 1 is 1.47 bits per heavy atom. The molecule has 2 N–H and O–H groups in total. The van der Waals surface area contributed by atoms with Crippen LogP contribution in [0, 0.1) is 0 Å². The predicted octanol–water partition coefficient (Wildman–Crippen LogP) is 1.78. The zero-order chi connectivity index (χ0) is 10.9. The zero-order valence-electron chi connectivity index (χ0n) is 8.95. The van der Waals surface area contributed by atoms with E-state index in [2.05, 4.69) is 22.5 Å². The lowest BCUT2D eigenvalue weighted by Gasteiger charge is -2.05. The van der Waals surface area contributed by atoms with Crippen molar-refractivity contribution in [2.24, 2.45) is 0 Å². The molecule has 0 atom stereocenters. The van der Waals surface area contributed by atoms with Gasteiger partial charge in [-0.15, -0.1) is 11.3 Å². The first kappa shape index (κ1) is 12.0. The standard InChI is InChI=1S/C10H17N3OS/c1-2-3-5-11-10(14)12-6-4-9-7-15-8-13-9/h7-8H,2-6H2,1H3,(H2,11,12,14). The highest BCUT2D eigenvalue weighted by atomic mass is 32.1. The first-order valence-electron chi connectivity index (χ1n) is 5.21. The van der Waals surface area contributed by atoms with Gasteiger partial charge in [0.15, 0.2) is 0 Å². The van der Waals surface area contributed by atoms with Gasteiger partial charge in [-0.25, -0.2) is 9.78 Å². The third kappa shape index (κ3) is 5.37. The number of amides is 2. The van der Waals surface area contributed by atoms with Crippen molar-refractivity contribution < 1.29 is 4.79 Å². The maximum atomic E-state index is 11.2. The summed E-state index contributed by atoms with van der Waals surface area (Å²) in [5.41, 5.74) is 2.84. The molecule has 0 fully saturated rings. The Labute approximate surface area is 94.1 Å². The minimum Gasteiger partial charge on any atom is -0.338 e. The van der Waals surface area contributed by atoms with E-state index in [4.69, 9.17) is 0 Å². The Morgan fingerprint density at radius 2 is 2.27 bits per heavy atom. The molecule has 15 heavy (non-hydrogen) atoms. The third-order valence-corrected chi connectivity index (χ3v) is 2.60. The summed E-state index contributed by atoms with van der Waals surface area (Å²) in [5.74, 6) is 0. The highest BCUT2D eigenvalue weighted by Gasteiger charge is 1.99. The van der Waals surface area contributed by atoms with Gasteiger partial charge in [0.2, 0.25) is 0 Å². The van der Waals surface area contributed by atoms with E-state index in [1.165, 1.54) is 0 Å². The molecule has 0 radical (unpaired) electrons. The summed E-state index contributed by atoms with van der Waals surface area (Å²) < 4.78 is 0. The Kier molecular flexibility index (Phi) is 5.77. The Hall–Kier alpha value is -1.10. The van der Waals surface area contributed by atoms with Crippen LogP contribution in [0.3, 0.4) is 0 Å². The summed E-state index contributed by atoms with van der Waals surface area (Å²) >= 11 is 1.58. The van der Waals surface area contributed by atoms with Gasteiger partial charge in [0.25, 0.3) is 0 Å². The van der Waals surface area contributed by atoms with Crippen LogP contribution in [-0.2, 0) is 6.42 Å². The smallest absolute Gasteiger partial charge is 0.314 e. The number of unbranched alkanes of at least 4 members (excludes halogenated alkanes) is 1. The maximum absolute atomic E-state index is 11.2. The molecule has 5 heteroatoms. The van der Waals surface area contributed by atoms with Crippen molar-refractivity contribution in [2.75, 3.05) is 13.1 Å². The van der Waals surface area contributed by atoms with Gasteiger partial charge < -0.3 is 10.6 Å². The molecular formula is C10H17N3OS.